The summed E-state index contributed by atoms with van der Waals surface area (Å²) in [5.41, 5.74) is 3.17. The second-order valence-electron chi connectivity index (χ2n) is 7.65. The van der Waals surface area contributed by atoms with Gasteiger partial charge in [0.2, 0.25) is 5.91 Å². The molecule has 2 aromatic rings. The van der Waals surface area contributed by atoms with E-state index in [1.165, 1.54) is 18.4 Å². The number of carbonyl (C=O) groups is 2. The van der Waals surface area contributed by atoms with Crippen molar-refractivity contribution in [2.75, 3.05) is 20.1 Å². The third-order valence-electron chi connectivity index (χ3n) is 5.89. The van der Waals surface area contributed by atoms with E-state index in [2.05, 4.69) is 26.7 Å². The molecule has 1 aromatic heterocycles. The maximum atomic E-state index is 12.3. The summed E-state index contributed by atoms with van der Waals surface area (Å²) in [6.07, 6.45) is 3.20. The molecule has 1 aromatic carbocycles. The molecule has 0 aliphatic carbocycles. The van der Waals surface area contributed by atoms with E-state index in [1.807, 2.05) is 30.8 Å². The molecule has 27 heavy (non-hydrogen) atoms. The second-order valence-corrected chi connectivity index (χ2v) is 7.65. The number of piperidine rings is 2. The fourth-order valence-electron chi connectivity index (χ4n) is 4.37. The SMILES string of the molecule is CNC1CCN(Cc2cccc3c2c(C)nn3C2CCC(=O)NC2=O)CC1. The van der Waals surface area contributed by atoms with Gasteiger partial charge in [0, 0.05) is 24.4 Å². The maximum absolute atomic E-state index is 12.3. The summed E-state index contributed by atoms with van der Waals surface area (Å²) >= 11 is 0. The van der Waals surface area contributed by atoms with E-state index in [0.717, 1.165) is 36.2 Å². The van der Waals surface area contributed by atoms with Crippen molar-refractivity contribution in [3.8, 4) is 0 Å². The first-order valence-corrected chi connectivity index (χ1v) is 9.77. The molecule has 2 saturated heterocycles. The van der Waals surface area contributed by atoms with Crippen molar-refractivity contribution < 1.29 is 9.59 Å². The second kappa shape index (κ2) is 7.40. The minimum atomic E-state index is -0.416. The number of amides is 2. The maximum Gasteiger partial charge on any atom is 0.251 e. The number of nitrogens with zero attached hydrogens (tertiary/aromatic N) is 3. The third kappa shape index (κ3) is 3.49. The van der Waals surface area contributed by atoms with Crippen molar-refractivity contribution in [3.05, 3.63) is 29.5 Å². The van der Waals surface area contributed by atoms with E-state index in [-0.39, 0.29) is 11.8 Å². The highest BCUT2D eigenvalue weighted by Crippen LogP contribution is 2.29. The predicted octanol–water partition coefficient (Wildman–Crippen LogP) is 1.51. The zero-order valence-electron chi connectivity index (χ0n) is 16.0. The van der Waals surface area contributed by atoms with Gasteiger partial charge in [-0.25, -0.2) is 0 Å². The van der Waals surface area contributed by atoms with Crippen LogP contribution in [0.15, 0.2) is 18.2 Å². The van der Waals surface area contributed by atoms with Crippen LogP contribution in [0.2, 0.25) is 0 Å². The highest BCUT2D eigenvalue weighted by molar-refractivity contribution is 6.00. The van der Waals surface area contributed by atoms with Crippen LogP contribution >= 0.6 is 0 Å². The molecule has 1 unspecified atom stereocenters. The Hall–Kier alpha value is -2.25. The Morgan fingerprint density at radius 2 is 2.00 bits per heavy atom. The molecule has 2 aliphatic rings. The summed E-state index contributed by atoms with van der Waals surface area (Å²) in [5.74, 6) is -0.453. The van der Waals surface area contributed by atoms with Gasteiger partial charge in [0.05, 0.1) is 11.2 Å². The van der Waals surface area contributed by atoms with E-state index in [4.69, 9.17) is 0 Å². The molecule has 7 heteroatoms. The first-order chi connectivity index (χ1) is 13.1. The van der Waals surface area contributed by atoms with Crippen molar-refractivity contribution in [1.82, 2.24) is 25.3 Å². The molecule has 0 spiro atoms. The fraction of sp³-hybridized carbons (Fsp3) is 0.550. The van der Waals surface area contributed by atoms with E-state index >= 15 is 0 Å². The number of rotatable bonds is 4. The smallest absolute Gasteiger partial charge is 0.251 e. The number of aromatic nitrogens is 2. The molecule has 2 fully saturated rings. The summed E-state index contributed by atoms with van der Waals surface area (Å²) in [5, 5.41) is 11.6. The van der Waals surface area contributed by atoms with Crippen LogP contribution in [0.3, 0.4) is 0 Å². The van der Waals surface area contributed by atoms with Gasteiger partial charge < -0.3 is 5.32 Å². The van der Waals surface area contributed by atoms with Crippen LogP contribution in [-0.4, -0.2) is 52.7 Å². The summed E-state index contributed by atoms with van der Waals surface area (Å²) in [4.78, 5) is 26.3. The fourth-order valence-corrected chi connectivity index (χ4v) is 4.37. The molecular weight excluding hydrogens is 342 g/mol. The molecule has 3 heterocycles. The summed E-state index contributed by atoms with van der Waals surface area (Å²) < 4.78 is 1.81. The van der Waals surface area contributed by atoms with E-state index < -0.39 is 6.04 Å². The summed E-state index contributed by atoms with van der Waals surface area (Å²) in [6.45, 7) is 5.07. The topological polar surface area (TPSA) is 79.3 Å². The highest BCUT2D eigenvalue weighted by atomic mass is 16.2. The van der Waals surface area contributed by atoms with Crippen LogP contribution in [0, 0.1) is 6.92 Å². The lowest BCUT2D eigenvalue weighted by Gasteiger charge is -2.31. The molecule has 1 atom stereocenters. The molecular formula is C20H27N5O2. The molecule has 0 bridgehead atoms. The number of hydrogen-bond acceptors (Lipinski definition) is 5. The molecule has 144 valence electrons. The number of hydrogen-bond donors (Lipinski definition) is 2. The van der Waals surface area contributed by atoms with Crippen molar-refractivity contribution in [3.63, 3.8) is 0 Å². The molecule has 0 saturated carbocycles. The van der Waals surface area contributed by atoms with Gasteiger partial charge in [0.25, 0.3) is 5.91 Å². The molecule has 2 N–H and O–H groups in total. The molecule has 2 amide bonds. The van der Waals surface area contributed by atoms with Gasteiger partial charge in [0.15, 0.2) is 0 Å². The Bertz CT molecular complexity index is 867. The zero-order valence-corrected chi connectivity index (χ0v) is 16.0. The molecule has 7 nitrogen and oxygen atoms in total. The monoisotopic (exact) mass is 369 g/mol. The summed E-state index contributed by atoms with van der Waals surface area (Å²) in [7, 11) is 2.04. The summed E-state index contributed by atoms with van der Waals surface area (Å²) in [6, 6.07) is 6.43. The lowest BCUT2D eigenvalue weighted by Crippen LogP contribution is -2.42. The van der Waals surface area contributed by atoms with E-state index in [0.29, 0.717) is 18.9 Å². The van der Waals surface area contributed by atoms with Crippen molar-refractivity contribution in [2.24, 2.45) is 0 Å². The average Bonchev–Trinajstić information content (AvgIpc) is 3.00. The Balaban J connectivity index is 1.61. The van der Waals surface area contributed by atoms with Crippen molar-refractivity contribution in [1.29, 1.82) is 0 Å². The van der Waals surface area contributed by atoms with Gasteiger partial charge in [0.1, 0.15) is 6.04 Å². The quantitative estimate of drug-likeness (QED) is 0.799. The molecule has 4 rings (SSSR count). The van der Waals surface area contributed by atoms with Crippen LogP contribution in [-0.2, 0) is 16.1 Å². The number of benzene rings is 1. The number of nitrogens with one attached hydrogen (secondary N) is 2. The first kappa shape index (κ1) is 18.1. The van der Waals surface area contributed by atoms with Gasteiger partial charge in [-0.05, 0) is 58.0 Å². The van der Waals surface area contributed by atoms with E-state index in [9.17, 15) is 9.59 Å². The largest absolute Gasteiger partial charge is 0.317 e. The van der Waals surface area contributed by atoms with Gasteiger partial charge >= 0.3 is 0 Å². The average molecular weight is 369 g/mol. The van der Waals surface area contributed by atoms with Crippen LogP contribution in [0.1, 0.15) is 43.0 Å². The highest BCUT2D eigenvalue weighted by Gasteiger charge is 2.30. The van der Waals surface area contributed by atoms with E-state index in [1.54, 1.807) is 0 Å². The normalized spacial score (nSPS) is 22.4. The minimum Gasteiger partial charge on any atom is -0.317 e. The number of carbonyl (C=O) groups excluding carboxylic acids is 2. The first-order valence-electron chi connectivity index (χ1n) is 9.77. The third-order valence-corrected chi connectivity index (χ3v) is 5.89. The molecule has 2 aliphatic heterocycles. The van der Waals surface area contributed by atoms with Gasteiger partial charge in [-0.2, -0.15) is 5.10 Å². The predicted molar refractivity (Wildman–Crippen MR) is 103 cm³/mol. The Labute approximate surface area is 159 Å². The lowest BCUT2D eigenvalue weighted by molar-refractivity contribution is -0.135. The minimum absolute atomic E-state index is 0.199. The van der Waals surface area contributed by atoms with Crippen molar-refractivity contribution in [2.45, 2.75) is 51.2 Å². The molecule has 0 radical (unpaired) electrons. The Kier molecular flexibility index (Phi) is 4.97. The van der Waals surface area contributed by atoms with Crippen LogP contribution < -0.4 is 10.6 Å². The van der Waals surface area contributed by atoms with Gasteiger partial charge in [-0.15, -0.1) is 0 Å². The van der Waals surface area contributed by atoms with Gasteiger partial charge in [-0.3, -0.25) is 24.5 Å². The van der Waals surface area contributed by atoms with Gasteiger partial charge in [-0.1, -0.05) is 12.1 Å². The van der Waals surface area contributed by atoms with Crippen LogP contribution in [0.5, 0.6) is 0 Å². The van der Waals surface area contributed by atoms with Crippen LogP contribution in [0.4, 0.5) is 0 Å². The number of imide groups is 1. The Morgan fingerprint density at radius 3 is 2.70 bits per heavy atom. The van der Waals surface area contributed by atoms with Crippen LogP contribution in [0.25, 0.3) is 10.9 Å². The number of likely N-dealkylation sites (tertiary alicyclic amines) is 1. The number of aryl methyl sites for hydroxylation is 1. The Morgan fingerprint density at radius 1 is 1.22 bits per heavy atom. The van der Waals surface area contributed by atoms with Crippen molar-refractivity contribution >= 4 is 22.7 Å². The standard InChI is InChI=1S/C20H27N5O2/c1-13-19-14(12-24-10-8-15(21-2)9-11-24)4-3-5-16(19)25(23-13)17-6-7-18(26)22-20(17)27/h3-5,15,17,21H,6-12H2,1-2H3,(H,22,26,27). The zero-order chi connectivity index (χ0) is 19.0. The number of fused-ring (bicyclic) bond motifs is 1. The lowest BCUT2D eigenvalue weighted by atomic mass is 10.0.